The van der Waals surface area contributed by atoms with Crippen molar-refractivity contribution in [2.45, 2.75) is 32.3 Å². The molecule has 2 aromatic carbocycles. The summed E-state index contributed by atoms with van der Waals surface area (Å²) in [4.78, 5) is 12.1. The Morgan fingerprint density at radius 2 is 1.83 bits per heavy atom. The van der Waals surface area contributed by atoms with Crippen molar-refractivity contribution >= 4 is 5.91 Å². The van der Waals surface area contributed by atoms with Gasteiger partial charge < -0.3 is 15.2 Å². The van der Waals surface area contributed by atoms with Crippen molar-refractivity contribution in [2.75, 3.05) is 13.7 Å². The summed E-state index contributed by atoms with van der Waals surface area (Å²) >= 11 is 0. The molecule has 0 radical (unpaired) electrons. The van der Waals surface area contributed by atoms with Crippen LogP contribution in [0.3, 0.4) is 0 Å². The fourth-order valence-electron chi connectivity index (χ4n) is 2.75. The van der Waals surface area contributed by atoms with Crippen LogP contribution < -0.4 is 10.1 Å². The molecule has 1 amide bonds. The molecule has 4 heteroatoms. The van der Waals surface area contributed by atoms with Crippen LogP contribution in [0.15, 0.2) is 48.5 Å². The molecule has 2 N–H and O–H groups in total. The van der Waals surface area contributed by atoms with E-state index >= 15 is 0 Å². The van der Waals surface area contributed by atoms with Gasteiger partial charge in [0.05, 0.1) is 13.2 Å². The Bertz CT molecular complexity index is 667. The molecule has 2 atom stereocenters. The van der Waals surface area contributed by atoms with Gasteiger partial charge in [0.25, 0.3) is 0 Å². The zero-order chi connectivity index (χ0) is 17.5. The fourth-order valence-corrected chi connectivity index (χ4v) is 2.75. The van der Waals surface area contributed by atoms with Crippen molar-refractivity contribution in [3.63, 3.8) is 0 Å². The number of ether oxygens (including phenoxy) is 1. The van der Waals surface area contributed by atoms with Gasteiger partial charge in [0.2, 0.25) is 5.91 Å². The van der Waals surface area contributed by atoms with Gasteiger partial charge in [-0.15, -0.1) is 0 Å². The van der Waals surface area contributed by atoms with E-state index in [1.165, 1.54) is 11.1 Å². The molecular weight excluding hydrogens is 302 g/mol. The second kappa shape index (κ2) is 8.50. The van der Waals surface area contributed by atoms with Gasteiger partial charge >= 0.3 is 0 Å². The minimum atomic E-state index is -0.728. The van der Waals surface area contributed by atoms with Gasteiger partial charge in [0.15, 0.2) is 0 Å². The molecule has 2 rings (SSSR count). The van der Waals surface area contributed by atoms with E-state index in [9.17, 15) is 9.90 Å². The summed E-state index contributed by atoms with van der Waals surface area (Å²) in [6.07, 6.45) is -0.325. The summed E-state index contributed by atoms with van der Waals surface area (Å²) in [6.45, 7) is 4.30. The molecule has 128 valence electrons. The first-order chi connectivity index (χ1) is 11.5. The average molecular weight is 327 g/mol. The number of nitrogens with one attached hydrogen (secondary N) is 1. The van der Waals surface area contributed by atoms with Crippen LogP contribution in [0.5, 0.6) is 5.75 Å². The van der Waals surface area contributed by atoms with Crippen LogP contribution in [0.25, 0.3) is 0 Å². The van der Waals surface area contributed by atoms with E-state index < -0.39 is 6.10 Å². The Kier molecular flexibility index (Phi) is 6.38. The molecule has 0 bridgehead atoms. The molecular formula is C20H25NO3. The van der Waals surface area contributed by atoms with Crippen LogP contribution >= 0.6 is 0 Å². The number of hydrogen-bond acceptors (Lipinski definition) is 3. The first kappa shape index (κ1) is 18.0. The molecule has 0 heterocycles. The van der Waals surface area contributed by atoms with Crippen LogP contribution in [-0.2, 0) is 4.79 Å². The Morgan fingerprint density at radius 1 is 1.17 bits per heavy atom. The summed E-state index contributed by atoms with van der Waals surface area (Å²) in [5, 5.41) is 13.0. The lowest BCUT2D eigenvalue weighted by atomic mass is 9.93. The number of hydrogen-bond donors (Lipinski definition) is 2. The standard InChI is InChI=1S/C20H25NO3/c1-14-6-4-5-7-18(14)15(2)12-20(23)21-13-19(22)16-8-10-17(24-3)11-9-16/h4-11,15,19,22H,12-13H2,1-3H3,(H,21,23). The first-order valence-electron chi connectivity index (χ1n) is 8.15. The number of carbonyl (C=O) groups is 1. The zero-order valence-corrected chi connectivity index (χ0v) is 14.5. The van der Waals surface area contributed by atoms with Crippen molar-refractivity contribution < 1.29 is 14.6 Å². The lowest BCUT2D eigenvalue weighted by molar-refractivity contribution is -0.121. The molecule has 24 heavy (non-hydrogen) atoms. The van der Waals surface area contributed by atoms with E-state index in [-0.39, 0.29) is 18.4 Å². The van der Waals surface area contributed by atoms with Gasteiger partial charge in [-0.05, 0) is 41.7 Å². The molecule has 0 aliphatic rings. The summed E-state index contributed by atoms with van der Waals surface area (Å²) in [5.74, 6) is 0.824. The third-order valence-electron chi connectivity index (χ3n) is 4.20. The van der Waals surface area contributed by atoms with Crippen LogP contribution in [0.4, 0.5) is 0 Å². The number of amides is 1. The van der Waals surface area contributed by atoms with Crippen LogP contribution in [0.2, 0.25) is 0 Å². The topological polar surface area (TPSA) is 58.6 Å². The van der Waals surface area contributed by atoms with Gasteiger partial charge in [0.1, 0.15) is 5.75 Å². The Balaban J connectivity index is 1.85. The van der Waals surface area contributed by atoms with E-state index in [0.29, 0.717) is 6.42 Å². The minimum Gasteiger partial charge on any atom is -0.497 e. The van der Waals surface area contributed by atoms with Crippen LogP contribution in [0.1, 0.15) is 42.1 Å². The average Bonchev–Trinajstić information content (AvgIpc) is 2.60. The van der Waals surface area contributed by atoms with Gasteiger partial charge in [-0.25, -0.2) is 0 Å². The molecule has 2 unspecified atom stereocenters. The molecule has 0 fully saturated rings. The highest BCUT2D eigenvalue weighted by atomic mass is 16.5. The van der Waals surface area contributed by atoms with Crippen LogP contribution in [0, 0.1) is 6.92 Å². The maximum Gasteiger partial charge on any atom is 0.220 e. The summed E-state index contributed by atoms with van der Waals surface area (Å²) in [7, 11) is 1.60. The Hall–Kier alpha value is -2.33. The predicted molar refractivity (Wildman–Crippen MR) is 95.2 cm³/mol. The van der Waals surface area contributed by atoms with Crippen LogP contribution in [-0.4, -0.2) is 24.7 Å². The molecule has 0 saturated carbocycles. The number of aliphatic hydroxyl groups excluding tert-OH is 1. The van der Waals surface area contributed by atoms with Gasteiger partial charge in [-0.2, -0.15) is 0 Å². The highest BCUT2D eigenvalue weighted by Crippen LogP contribution is 2.22. The largest absolute Gasteiger partial charge is 0.497 e. The SMILES string of the molecule is COc1ccc(C(O)CNC(=O)CC(C)c2ccccc2C)cc1. The van der Waals surface area contributed by atoms with Gasteiger partial charge in [-0.3, -0.25) is 4.79 Å². The Morgan fingerprint density at radius 3 is 2.46 bits per heavy atom. The molecule has 0 saturated heterocycles. The van der Waals surface area contributed by atoms with E-state index in [2.05, 4.69) is 24.4 Å². The normalized spacial score (nSPS) is 13.2. The third kappa shape index (κ3) is 4.83. The quantitative estimate of drug-likeness (QED) is 0.820. The maximum absolute atomic E-state index is 12.1. The smallest absolute Gasteiger partial charge is 0.220 e. The van der Waals surface area contributed by atoms with Gasteiger partial charge in [-0.1, -0.05) is 43.3 Å². The van der Waals surface area contributed by atoms with Gasteiger partial charge in [0, 0.05) is 13.0 Å². The fraction of sp³-hybridized carbons (Fsp3) is 0.350. The highest BCUT2D eigenvalue weighted by molar-refractivity contribution is 5.76. The van der Waals surface area contributed by atoms with E-state index in [0.717, 1.165) is 11.3 Å². The third-order valence-corrected chi connectivity index (χ3v) is 4.20. The lowest BCUT2D eigenvalue weighted by Crippen LogP contribution is -2.29. The molecule has 0 aromatic heterocycles. The van der Waals surface area contributed by atoms with E-state index in [1.54, 1.807) is 31.4 Å². The van der Waals surface area contributed by atoms with Crippen molar-refractivity contribution in [1.29, 1.82) is 0 Å². The minimum absolute atomic E-state index is 0.0571. The number of carbonyl (C=O) groups excluding carboxylic acids is 1. The number of benzene rings is 2. The summed E-state index contributed by atoms with van der Waals surface area (Å²) < 4.78 is 5.09. The first-order valence-corrected chi connectivity index (χ1v) is 8.15. The van der Waals surface area contributed by atoms with Crippen molar-refractivity contribution in [2.24, 2.45) is 0 Å². The number of aryl methyl sites for hydroxylation is 1. The van der Waals surface area contributed by atoms with Crippen molar-refractivity contribution in [3.8, 4) is 5.75 Å². The molecule has 0 aliphatic carbocycles. The number of rotatable bonds is 7. The second-order valence-corrected chi connectivity index (χ2v) is 6.05. The summed E-state index contributed by atoms with van der Waals surface area (Å²) in [5.41, 5.74) is 3.13. The molecule has 4 nitrogen and oxygen atoms in total. The molecule has 0 spiro atoms. The monoisotopic (exact) mass is 327 g/mol. The second-order valence-electron chi connectivity index (χ2n) is 6.05. The summed E-state index contributed by atoms with van der Waals surface area (Å²) in [6, 6.07) is 15.3. The molecule has 0 aliphatic heterocycles. The maximum atomic E-state index is 12.1. The Labute approximate surface area is 143 Å². The van der Waals surface area contributed by atoms with Crippen molar-refractivity contribution in [1.82, 2.24) is 5.32 Å². The van der Waals surface area contributed by atoms with Crippen molar-refractivity contribution in [3.05, 3.63) is 65.2 Å². The number of aliphatic hydroxyl groups is 1. The predicted octanol–water partition coefficient (Wildman–Crippen LogP) is 3.35. The lowest BCUT2D eigenvalue weighted by Gasteiger charge is -2.16. The number of methoxy groups -OCH3 is 1. The van der Waals surface area contributed by atoms with E-state index in [1.807, 2.05) is 19.1 Å². The van der Waals surface area contributed by atoms with E-state index in [4.69, 9.17) is 4.74 Å². The molecule has 2 aromatic rings. The zero-order valence-electron chi connectivity index (χ0n) is 14.5. The highest BCUT2D eigenvalue weighted by Gasteiger charge is 2.14.